The number of nitrogens with two attached hydrogens (primary N) is 1. The fourth-order valence-electron chi connectivity index (χ4n) is 2.08. The molecule has 0 heterocycles. The van der Waals surface area contributed by atoms with Crippen LogP contribution < -0.4 is 11.1 Å². The lowest BCUT2D eigenvalue weighted by Crippen LogP contribution is -2.53. The van der Waals surface area contributed by atoms with Gasteiger partial charge in [0.05, 0.1) is 5.54 Å². The van der Waals surface area contributed by atoms with E-state index in [9.17, 15) is 4.79 Å². The molecule has 0 aromatic rings. The summed E-state index contributed by atoms with van der Waals surface area (Å²) in [4.78, 5) is 13.9. The van der Waals surface area contributed by atoms with Gasteiger partial charge in [-0.05, 0) is 59.2 Å². The van der Waals surface area contributed by atoms with Crippen molar-refractivity contribution in [1.82, 2.24) is 10.2 Å². The highest BCUT2D eigenvalue weighted by molar-refractivity contribution is 5.84. The topological polar surface area (TPSA) is 58.4 Å². The summed E-state index contributed by atoms with van der Waals surface area (Å²) in [6.45, 7) is 5.91. The van der Waals surface area contributed by atoms with Crippen LogP contribution in [0.1, 0.15) is 46.0 Å². The maximum absolute atomic E-state index is 11.5. The molecular formula is C13H27N3O. The maximum atomic E-state index is 11.5. The Labute approximate surface area is 105 Å². The fourth-order valence-corrected chi connectivity index (χ4v) is 2.08. The van der Waals surface area contributed by atoms with Gasteiger partial charge in [-0.15, -0.1) is 0 Å². The van der Waals surface area contributed by atoms with Crippen molar-refractivity contribution in [2.45, 2.75) is 57.5 Å². The third-order valence-electron chi connectivity index (χ3n) is 3.67. The van der Waals surface area contributed by atoms with Gasteiger partial charge in [0.2, 0.25) is 5.91 Å². The molecule has 4 nitrogen and oxygen atoms in total. The third-order valence-corrected chi connectivity index (χ3v) is 3.67. The van der Waals surface area contributed by atoms with E-state index < -0.39 is 5.54 Å². The normalized spacial score (nSPS) is 19.3. The zero-order chi connectivity index (χ0) is 12.9. The van der Waals surface area contributed by atoms with Crippen LogP contribution in [0.5, 0.6) is 0 Å². The Morgan fingerprint density at radius 2 is 2.18 bits per heavy atom. The Bertz CT molecular complexity index is 253. The van der Waals surface area contributed by atoms with Crippen LogP contribution >= 0.6 is 0 Å². The van der Waals surface area contributed by atoms with E-state index in [1.807, 2.05) is 6.92 Å². The lowest BCUT2D eigenvalue weighted by Gasteiger charge is -2.28. The predicted octanol–water partition coefficient (Wildman–Crippen LogP) is 1.10. The first kappa shape index (κ1) is 14.5. The van der Waals surface area contributed by atoms with Crippen LogP contribution in [0.4, 0.5) is 0 Å². The molecule has 1 saturated carbocycles. The Balaban J connectivity index is 2.29. The van der Waals surface area contributed by atoms with Crippen LogP contribution in [0.2, 0.25) is 0 Å². The molecule has 0 spiro atoms. The second-order valence-corrected chi connectivity index (χ2v) is 5.44. The number of carbonyl (C=O) groups excluding carboxylic acids is 1. The Kier molecular flexibility index (Phi) is 5.40. The first-order valence-electron chi connectivity index (χ1n) is 6.75. The SMILES string of the molecule is CCCNC(C)(CCCN(C)C1CC1)C(N)=O. The number of nitrogens with zero attached hydrogens (tertiary/aromatic N) is 1. The summed E-state index contributed by atoms with van der Waals surface area (Å²) in [6, 6.07) is 0.790. The van der Waals surface area contributed by atoms with Crippen molar-refractivity contribution in [2.75, 3.05) is 20.1 Å². The zero-order valence-electron chi connectivity index (χ0n) is 11.5. The third kappa shape index (κ3) is 4.64. The number of primary amides is 1. The lowest BCUT2D eigenvalue weighted by molar-refractivity contribution is -0.124. The molecule has 1 fully saturated rings. The second-order valence-electron chi connectivity index (χ2n) is 5.44. The van der Waals surface area contributed by atoms with Crippen LogP contribution in [0.3, 0.4) is 0 Å². The molecule has 1 aliphatic carbocycles. The molecule has 17 heavy (non-hydrogen) atoms. The quantitative estimate of drug-likeness (QED) is 0.635. The van der Waals surface area contributed by atoms with E-state index in [2.05, 4.69) is 24.2 Å². The molecule has 0 radical (unpaired) electrons. The number of hydrogen-bond acceptors (Lipinski definition) is 3. The summed E-state index contributed by atoms with van der Waals surface area (Å²) in [5.74, 6) is -0.236. The molecule has 4 heteroatoms. The van der Waals surface area contributed by atoms with Crippen molar-refractivity contribution in [3.8, 4) is 0 Å². The van der Waals surface area contributed by atoms with E-state index in [0.29, 0.717) is 0 Å². The Morgan fingerprint density at radius 1 is 1.53 bits per heavy atom. The van der Waals surface area contributed by atoms with Gasteiger partial charge in [0.15, 0.2) is 0 Å². The minimum Gasteiger partial charge on any atom is -0.368 e. The average Bonchev–Trinajstić information content (AvgIpc) is 3.09. The smallest absolute Gasteiger partial charge is 0.237 e. The average molecular weight is 241 g/mol. The fraction of sp³-hybridized carbons (Fsp3) is 0.923. The van der Waals surface area contributed by atoms with Gasteiger partial charge in [0.1, 0.15) is 0 Å². The van der Waals surface area contributed by atoms with Gasteiger partial charge >= 0.3 is 0 Å². The van der Waals surface area contributed by atoms with Gasteiger partial charge in [-0.1, -0.05) is 6.92 Å². The van der Waals surface area contributed by atoms with Crippen molar-refractivity contribution in [2.24, 2.45) is 5.73 Å². The van der Waals surface area contributed by atoms with Crippen molar-refractivity contribution in [1.29, 1.82) is 0 Å². The molecule has 1 amide bonds. The van der Waals surface area contributed by atoms with E-state index >= 15 is 0 Å². The maximum Gasteiger partial charge on any atom is 0.237 e. The highest BCUT2D eigenvalue weighted by Crippen LogP contribution is 2.25. The largest absolute Gasteiger partial charge is 0.368 e. The van der Waals surface area contributed by atoms with Crippen LogP contribution in [-0.4, -0.2) is 42.5 Å². The first-order chi connectivity index (χ1) is 7.99. The van der Waals surface area contributed by atoms with Crippen molar-refractivity contribution in [3.63, 3.8) is 0 Å². The van der Waals surface area contributed by atoms with E-state index in [0.717, 1.165) is 38.4 Å². The van der Waals surface area contributed by atoms with Crippen LogP contribution in [0.15, 0.2) is 0 Å². The van der Waals surface area contributed by atoms with E-state index in [1.54, 1.807) is 0 Å². The van der Waals surface area contributed by atoms with Gasteiger partial charge in [-0.25, -0.2) is 0 Å². The molecule has 1 unspecified atom stereocenters. The predicted molar refractivity (Wildman–Crippen MR) is 70.8 cm³/mol. The van der Waals surface area contributed by atoms with Gasteiger partial charge < -0.3 is 16.0 Å². The summed E-state index contributed by atoms with van der Waals surface area (Å²) in [7, 11) is 2.17. The molecular weight excluding hydrogens is 214 g/mol. The minimum absolute atomic E-state index is 0.236. The minimum atomic E-state index is -0.541. The summed E-state index contributed by atoms with van der Waals surface area (Å²) < 4.78 is 0. The standard InChI is InChI=1S/C13H27N3O/c1-4-9-15-13(2,12(14)17)8-5-10-16(3)11-6-7-11/h11,15H,4-10H2,1-3H3,(H2,14,17). The van der Waals surface area contributed by atoms with Crippen LogP contribution in [-0.2, 0) is 4.79 Å². The molecule has 0 bridgehead atoms. The highest BCUT2D eigenvalue weighted by Gasteiger charge is 2.30. The molecule has 1 atom stereocenters. The summed E-state index contributed by atoms with van der Waals surface area (Å²) in [6.07, 6.45) is 5.52. The van der Waals surface area contributed by atoms with Crippen molar-refractivity contribution < 1.29 is 4.79 Å². The van der Waals surface area contributed by atoms with Crippen LogP contribution in [0.25, 0.3) is 0 Å². The molecule has 0 aromatic heterocycles. The van der Waals surface area contributed by atoms with E-state index in [-0.39, 0.29) is 5.91 Å². The van der Waals surface area contributed by atoms with Gasteiger partial charge in [0.25, 0.3) is 0 Å². The highest BCUT2D eigenvalue weighted by atomic mass is 16.1. The molecule has 0 aromatic carbocycles. The zero-order valence-corrected chi connectivity index (χ0v) is 11.5. The molecule has 0 aliphatic heterocycles. The first-order valence-corrected chi connectivity index (χ1v) is 6.75. The summed E-state index contributed by atoms with van der Waals surface area (Å²) in [5.41, 5.74) is 4.94. The van der Waals surface area contributed by atoms with Crippen LogP contribution in [0, 0.1) is 0 Å². The lowest BCUT2D eigenvalue weighted by atomic mass is 9.94. The number of amides is 1. The molecule has 100 valence electrons. The van der Waals surface area contributed by atoms with Crippen molar-refractivity contribution >= 4 is 5.91 Å². The molecule has 1 aliphatic rings. The summed E-state index contributed by atoms with van der Waals surface area (Å²) in [5, 5.41) is 3.27. The van der Waals surface area contributed by atoms with E-state index in [4.69, 9.17) is 5.73 Å². The van der Waals surface area contributed by atoms with Gasteiger partial charge in [-0.3, -0.25) is 4.79 Å². The van der Waals surface area contributed by atoms with Gasteiger partial charge in [0, 0.05) is 6.04 Å². The number of rotatable bonds is 9. The Hall–Kier alpha value is -0.610. The Morgan fingerprint density at radius 3 is 2.65 bits per heavy atom. The number of nitrogens with one attached hydrogen (secondary N) is 1. The monoisotopic (exact) mass is 241 g/mol. The number of hydrogen-bond donors (Lipinski definition) is 2. The molecule has 3 N–H and O–H groups in total. The summed E-state index contributed by atoms with van der Waals surface area (Å²) >= 11 is 0. The molecule has 1 rings (SSSR count). The van der Waals surface area contributed by atoms with Crippen molar-refractivity contribution in [3.05, 3.63) is 0 Å². The molecule has 0 saturated heterocycles. The van der Waals surface area contributed by atoms with Gasteiger partial charge in [-0.2, -0.15) is 0 Å². The second kappa shape index (κ2) is 6.36. The van der Waals surface area contributed by atoms with E-state index in [1.165, 1.54) is 12.8 Å². The number of carbonyl (C=O) groups is 1.